The average Bonchev–Trinajstić information content (AvgIpc) is 3.31. The molecule has 3 heterocycles. The number of unbranched alkanes of at least 4 members (excludes halogenated alkanes) is 2. The van der Waals surface area contributed by atoms with Crippen LogP contribution in [0.4, 0.5) is 0 Å². The van der Waals surface area contributed by atoms with Crippen molar-refractivity contribution in [2.75, 3.05) is 19.8 Å². The normalized spacial score (nSPS) is 35.4. The highest BCUT2D eigenvalue weighted by Crippen LogP contribution is 2.68. The smallest absolute Gasteiger partial charge is 0.310 e. The van der Waals surface area contributed by atoms with E-state index in [4.69, 9.17) is 4.74 Å². The first-order chi connectivity index (χ1) is 14.4. The Kier molecular flexibility index (Phi) is 7.38. The van der Waals surface area contributed by atoms with Crippen molar-refractivity contribution in [2.45, 2.75) is 81.9 Å². The van der Waals surface area contributed by atoms with Crippen molar-refractivity contribution >= 4 is 29.5 Å². The number of hydrogen-bond donors (Lipinski definition) is 2. The molecule has 7 nitrogen and oxygen atoms in total. The Hall–Kier alpha value is -1.28. The van der Waals surface area contributed by atoms with E-state index in [1.807, 2.05) is 6.92 Å². The molecule has 3 unspecified atom stereocenters. The molecule has 7 atom stereocenters. The van der Waals surface area contributed by atoms with Crippen LogP contribution in [0.15, 0.2) is 0 Å². The number of carbonyl (C=O) groups is 3. The Morgan fingerprint density at radius 2 is 2.07 bits per heavy atom. The molecule has 0 aromatic heterocycles. The summed E-state index contributed by atoms with van der Waals surface area (Å²) in [7, 11) is 0. The number of ether oxygens (including phenoxy) is 1. The number of aliphatic hydroxyl groups excluding tert-OH is 1. The number of nitrogens with zero attached hydrogens (tertiary/aromatic N) is 1. The topological polar surface area (TPSA) is 95.9 Å². The van der Waals surface area contributed by atoms with Crippen LogP contribution < -0.4 is 5.32 Å². The lowest BCUT2D eigenvalue weighted by Gasteiger charge is -2.39. The first-order valence-electron chi connectivity index (χ1n) is 11.4. The summed E-state index contributed by atoms with van der Waals surface area (Å²) >= 11 is 1.64. The van der Waals surface area contributed by atoms with E-state index in [0.29, 0.717) is 13.0 Å². The maximum atomic E-state index is 13.7. The minimum absolute atomic E-state index is 0.000237. The van der Waals surface area contributed by atoms with E-state index in [1.165, 1.54) is 0 Å². The van der Waals surface area contributed by atoms with Crippen LogP contribution in [0.1, 0.15) is 59.8 Å². The molecular formula is C22H36N2O5S. The number of thioether (sulfide) groups is 1. The van der Waals surface area contributed by atoms with Crippen molar-refractivity contribution in [3.05, 3.63) is 0 Å². The fourth-order valence-electron chi connectivity index (χ4n) is 5.76. The van der Waals surface area contributed by atoms with Crippen LogP contribution in [-0.2, 0) is 19.1 Å². The quantitative estimate of drug-likeness (QED) is 0.398. The van der Waals surface area contributed by atoms with E-state index in [-0.39, 0.29) is 42.2 Å². The van der Waals surface area contributed by atoms with Gasteiger partial charge in [-0.25, -0.2) is 0 Å². The van der Waals surface area contributed by atoms with Gasteiger partial charge in [0, 0.05) is 11.8 Å². The van der Waals surface area contributed by atoms with Crippen molar-refractivity contribution in [2.24, 2.45) is 17.8 Å². The molecule has 170 valence electrons. The summed E-state index contributed by atoms with van der Waals surface area (Å²) < 4.78 is 4.69. The Morgan fingerprint density at radius 3 is 2.67 bits per heavy atom. The number of nitrogens with one attached hydrogen (secondary N) is 1. The molecule has 0 aliphatic carbocycles. The Balaban J connectivity index is 1.98. The summed E-state index contributed by atoms with van der Waals surface area (Å²) in [5, 5.41) is 13.0. The van der Waals surface area contributed by atoms with Crippen LogP contribution in [0.2, 0.25) is 0 Å². The van der Waals surface area contributed by atoms with E-state index in [1.54, 1.807) is 23.6 Å². The Labute approximate surface area is 183 Å². The van der Waals surface area contributed by atoms with Gasteiger partial charge in [-0.3, -0.25) is 14.4 Å². The standard InChI is InChI=1S/C22H36N2O5S/c1-5-8-9-10-23-19(26)18-22-13(4)11-15(30-22)16(21(28)29-7-3)17(22)20(27)24(18)14(6-2)12-25/h13-18,25H,5-12H2,1-4H3,(H,23,26)/t13?,14-,15-,16+,17-,18?,22?/m0/s1. The molecule has 3 aliphatic rings. The third kappa shape index (κ3) is 3.53. The maximum Gasteiger partial charge on any atom is 0.310 e. The van der Waals surface area contributed by atoms with Gasteiger partial charge in [-0.2, -0.15) is 0 Å². The summed E-state index contributed by atoms with van der Waals surface area (Å²) in [4.78, 5) is 41.6. The molecule has 3 fully saturated rings. The van der Waals surface area contributed by atoms with Crippen molar-refractivity contribution in [1.29, 1.82) is 0 Å². The van der Waals surface area contributed by atoms with Crippen molar-refractivity contribution < 1.29 is 24.2 Å². The van der Waals surface area contributed by atoms with Gasteiger partial charge in [-0.15, -0.1) is 11.8 Å². The minimum atomic E-state index is -0.668. The second kappa shape index (κ2) is 9.47. The van der Waals surface area contributed by atoms with Crippen LogP contribution in [0.3, 0.4) is 0 Å². The minimum Gasteiger partial charge on any atom is -0.466 e. The number of rotatable bonds is 10. The molecule has 2 bridgehead atoms. The number of amides is 2. The number of hydrogen-bond acceptors (Lipinski definition) is 6. The molecule has 30 heavy (non-hydrogen) atoms. The lowest BCUT2D eigenvalue weighted by atomic mass is 9.66. The van der Waals surface area contributed by atoms with Gasteiger partial charge >= 0.3 is 5.97 Å². The van der Waals surface area contributed by atoms with Gasteiger partial charge < -0.3 is 20.1 Å². The van der Waals surface area contributed by atoms with E-state index in [9.17, 15) is 19.5 Å². The number of aliphatic hydroxyl groups is 1. The summed E-state index contributed by atoms with van der Waals surface area (Å²) in [6.07, 6.45) is 4.34. The number of carbonyl (C=O) groups excluding carboxylic acids is 3. The predicted molar refractivity (Wildman–Crippen MR) is 116 cm³/mol. The lowest BCUT2D eigenvalue weighted by Crippen LogP contribution is -2.58. The molecule has 3 aliphatic heterocycles. The molecule has 0 aromatic carbocycles. The summed E-state index contributed by atoms with van der Waals surface area (Å²) in [6.45, 7) is 8.53. The molecule has 0 aromatic rings. The van der Waals surface area contributed by atoms with Crippen molar-refractivity contribution in [1.82, 2.24) is 10.2 Å². The number of esters is 1. The van der Waals surface area contributed by atoms with Crippen LogP contribution in [0, 0.1) is 17.8 Å². The fraction of sp³-hybridized carbons (Fsp3) is 0.864. The van der Waals surface area contributed by atoms with Crippen molar-refractivity contribution in [3.63, 3.8) is 0 Å². The Bertz CT molecular complexity index is 670. The second-order valence-electron chi connectivity index (χ2n) is 8.79. The first kappa shape index (κ1) is 23.4. The highest BCUT2D eigenvalue weighted by Gasteiger charge is 2.76. The summed E-state index contributed by atoms with van der Waals surface area (Å²) in [5.74, 6) is -1.62. The van der Waals surface area contributed by atoms with Gasteiger partial charge in [0.1, 0.15) is 6.04 Å². The molecule has 2 amide bonds. The molecule has 0 saturated carbocycles. The largest absolute Gasteiger partial charge is 0.466 e. The van der Waals surface area contributed by atoms with E-state index in [0.717, 1.165) is 25.7 Å². The van der Waals surface area contributed by atoms with E-state index >= 15 is 0 Å². The molecule has 8 heteroatoms. The van der Waals surface area contributed by atoms with Gasteiger partial charge in [0.25, 0.3) is 0 Å². The third-order valence-corrected chi connectivity index (χ3v) is 9.22. The molecular weight excluding hydrogens is 404 g/mol. The first-order valence-corrected chi connectivity index (χ1v) is 12.3. The van der Waals surface area contributed by atoms with Crippen LogP contribution in [0.25, 0.3) is 0 Å². The zero-order valence-electron chi connectivity index (χ0n) is 18.6. The summed E-state index contributed by atoms with van der Waals surface area (Å²) in [5.41, 5.74) is 0. The van der Waals surface area contributed by atoms with E-state index < -0.39 is 28.7 Å². The molecule has 2 N–H and O–H groups in total. The monoisotopic (exact) mass is 440 g/mol. The number of likely N-dealkylation sites (tertiary alicyclic amines) is 1. The van der Waals surface area contributed by atoms with Crippen molar-refractivity contribution in [3.8, 4) is 0 Å². The van der Waals surface area contributed by atoms with Gasteiger partial charge in [0.05, 0.1) is 35.8 Å². The summed E-state index contributed by atoms with van der Waals surface area (Å²) in [6, 6.07) is -1.10. The van der Waals surface area contributed by atoms with Crippen LogP contribution in [-0.4, -0.2) is 69.6 Å². The fourth-order valence-corrected chi connectivity index (χ4v) is 8.15. The second-order valence-corrected chi connectivity index (χ2v) is 10.3. The van der Waals surface area contributed by atoms with Crippen LogP contribution in [0.5, 0.6) is 0 Å². The molecule has 3 saturated heterocycles. The number of fused-ring (bicyclic) bond motifs is 1. The van der Waals surface area contributed by atoms with Gasteiger partial charge in [-0.1, -0.05) is 33.6 Å². The van der Waals surface area contributed by atoms with Gasteiger partial charge in [-0.05, 0) is 32.1 Å². The molecule has 3 rings (SSSR count). The van der Waals surface area contributed by atoms with Gasteiger partial charge in [0.2, 0.25) is 11.8 Å². The van der Waals surface area contributed by atoms with Crippen LogP contribution >= 0.6 is 11.8 Å². The highest BCUT2D eigenvalue weighted by atomic mass is 32.2. The zero-order chi connectivity index (χ0) is 22.1. The maximum absolute atomic E-state index is 13.7. The highest BCUT2D eigenvalue weighted by molar-refractivity contribution is 8.02. The van der Waals surface area contributed by atoms with Gasteiger partial charge in [0.15, 0.2) is 0 Å². The third-order valence-electron chi connectivity index (χ3n) is 7.15. The average molecular weight is 441 g/mol. The zero-order valence-corrected chi connectivity index (χ0v) is 19.4. The van der Waals surface area contributed by atoms with E-state index in [2.05, 4.69) is 19.2 Å². The predicted octanol–water partition coefficient (Wildman–Crippen LogP) is 1.96. The SMILES string of the molecule is CCCCCNC(=O)C1N([C@@H](CC)CO)C(=O)[C@@H]2[C@H](C(=O)OCC)[C@@H]3CC(C)C12S3. The molecule has 1 spiro atoms. The Morgan fingerprint density at radius 1 is 1.33 bits per heavy atom. The molecule has 0 radical (unpaired) electrons. The lowest BCUT2D eigenvalue weighted by molar-refractivity contribution is -0.154.